The lowest BCUT2D eigenvalue weighted by Crippen LogP contribution is -2.56. The lowest BCUT2D eigenvalue weighted by atomic mass is 9.45. The van der Waals surface area contributed by atoms with Crippen LogP contribution in [-0.2, 0) is 4.74 Å². The van der Waals surface area contributed by atoms with Crippen molar-refractivity contribution in [3.63, 3.8) is 0 Å². The summed E-state index contributed by atoms with van der Waals surface area (Å²) in [6.07, 6.45) is 3.09. The highest BCUT2D eigenvalue weighted by molar-refractivity contribution is 5.05. The Morgan fingerprint density at radius 1 is 1.33 bits per heavy atom. The Hall–Kier alpha value is -0.0400. The summed E-state index contributed by atoms with van der Waals surface area (Å²) in [7, 11) is 3.56. The third kappa shape index (κ3) is 0.891. The maximum atomic E-state index is 5.25. The molecule has 1 heteroatoms. The number of ether oxygens (including phenoxy) is 1. The summed E-state index contributed by atoms with van der Waals surface area (Å²) in [5.41, 5.74) is 0.578. The van der Waals surface area contributed by atoms with Crippen LogP contribution < -0.4 is 0 Å². The molecule has 3 saturated carbocycles. The fourth-order valence-corrected chi connectivity index (χ4v) is 3.32. The van der Waals surface area contributed by atoms with E-state index in [2.05, 4.69) is 27.9 Å². The summed E-state index contributed by atoms with van der Waals surface area (Å²) in [6, 6.07) is 0. The van der Waals surface area contributed by atoms with Crippen LogP contribution in [0.1, 0.15) is 33.6 Å². The molecular formula is C11H19O. The van der Waals surface area contributed by atoms with Crippen molar-refractivity contribution in [3.8, 4) is 0 Å². The van der Waals surface area contributed by atoms with Crippen LogP contribution in [0.15, 0.2) is 0 Å². The van der Waals surface area contributed by atoms with Crippen molar-refractivity contribution in [2.75, 3.05) is 0 Å². The van der Waals surface area contributed by atoms with E-state index < -0.39 is 0 Å². The van der Waals surface area contributed by atoms with E-state index in [0.717, 1.165) is 11.8 Å². The van der Waals surface area contributed by atoms with Gasteiger partial charge in [0.05, 0.1) is 13.2 Å². The molecule has 0 N–H and O–H groups in total. The molecule has 0 spiro atoms. The maximum Gasteiger partial charge on any atom is 0.0704 e. The van der Waals surface area contributed by atoms with Gasteiger partial charge in [-0.05, 0) is 36.0 Å². The molecule has 4 atom stereocenters. The second kappa shape index (κ2) is 2.47. The third-order valence-electron chi connectivity index (χ3n) is 4.50. The van der Waals surface area contributed by atoms with Gasteiger partial charge in [0.1, 0.15) is 0 Å². The minimum absolute atomic E-state index is 0.432. The highest BCUT2D eigenvalue weighted by Crippen LogP contribution is 2.61. The molecule has 2 bridgehead atoms. The van der Waals surface area contributed by atoms with Crippen molar-refractivity contribution < 1.29 is 4.74 Å². The monoisotopic (exact) mass is 167 g/mol. The van der Waals surface area contributed by atoms with Crippen LogP contribution in [0.4, 0.5) is 0 Å². The van der Waals surface area contributed by atoms with Crippen LogP contribution in [0, 0.1) is 30.3 Å². The summed E-state index contributed by atoms with van der Waals surface area (Å²) < 4.78 is 5.25. The molecule has 3 fully saturated rings. The lowest BCUT2D eigenvalue weighted by molar-refractivity contribution is -0.157. The third-order valence-corrected chi connectivity index (χ3v) is 4.50. The zero-order valence-electron chi connectivity index (χ0n) is 8.34. The Morgan fingerprint density at radius 3 is 2.42 bits per heavy atom. The van der Waals surface area contributed by atoms with Gasteiger partial charge in [-0.25, -0.2) is 0 Å². The molecule has 0 aliphatic heterocycles. The standard InChI is InChI=1S/C11H19O/c1-7-9-5-8(11(9,2)3)6-10(7)12-4/h7-10H,4-6H2,1-3H3. The highest BCUT2D eigenvalue weighted by Gasteiger charge is 2.56. The smallest absolute Gasteiger partial charge is 0.0704 e. The fourth-order valence-electron chi connectivity index (χ4n) is 3.32. The Kier molecular flexibility index (Phi) is 1.76. The summed E-state index contributed by atoms with van der Waals surface area (Å²) in [5, 5.41) is 0. The van der Waals surface area contributed by atoms with Gasteiger partial charge in [-0.15, -0.1) is 0 Å². The Balaban J connectivity index is 2.11. The first-order valence-corrected chi connectivity index (χ1v) is 4.98. The second-order valence-electron chi connectivity index (χ2n) is 5.16. The molecule has 12 heavy (non-hydrogen) atoms. The molecule has 0 heterocycles. The highest BCUT2D eigenvalue weighted by atomic mass is 16.5. The van der Waals surface area contributed by atoms with Gasteiger partial charge < -0.3 is 4.74 Å². The number of hydrogen-bond donors (Lipinski definition) is 0. The molecule has 1 radical (unpaired) electrons. The molecular weight excluding hydrogens is 148 g/mol. The largest absolute Gasteiger partial charge is 0.376 e. The van der Waals surface area contributed by atoms with E-state index >= 15 is 0 Å². The van der Waals surface area contributed by atoms with E-state index in [9.17, 15) is 0 Å². The zero-order valence-corrected chi connectivity index (χ0v) is 8.34. The van der Waals surface area contributed by atoms with Crippen molar-refractivity contribution in [1.82, 2.24) is 0 Å². The minimum Gasteiger partial charge on any atom is -0.376 e. The van der Waals surface area contributed by atoms with Crippen molar-refractivity contribution in [3.05, 3.63) is 7.11 Å². The quantitative estimate of drug-likeness (QED) is 0.583. The first-order chi connectivity index (χ1) is 5.57. The Bertz CT molecular complexity index is 185. The predicted molar refractivity (Wildman–Crippen MR) is 49.4 cm³/mol. The van der Waals surface area contributed by atoms with Gasteiger partial charge in [0.25, 0.3) is 0 Å². The summed E-state index contributed by atoms with van der Waals surface area (Å²) in [5.74, 6) is 2.48. The zero-order chi connectivity index (χ0) is 8.93. The van der Waals surface area contributed by atoms with E-state index in [1.54, 1.807) is 0 Å². The van der Waals surface area contributed by atoms with Gasteiger partial charge in [-0.1, -0.05) is 20.8 Å². The molecule has 3 aliphatic carbocycles. The molecule has 3 rings (SSSR count). The normalized spacial score (nSPS) is 50.0. The lowest BCUT2D eigenvalue weighted by Gasteiger charge is -2.61. The van der Waals surface area contributed by atoms with Gasteiger partial charge in [-0.3, -0.25) is 0 Å². The summed E-state index contributed by atoms with van der Waals surface area (Å²) in [6.45, 7) is 7.13. The summed E-state index contributed by atoms with van der Waals surface area (Å²) >= 11 is 0. The molecule has 1 nitrogen and oxygen atoms in total. The molecule has 0 amide bonds. The maximum absolute atomic E-state index is 5.25. The van der Waals surface area contributed by atoms with Crippen molar-refractivity contribution in [2.45, 2.75) is 39.7 Å². The van der Waals surface area contributed by atoms with E-state index in [4.69, 9.17) is 4.74 Å². The van der Waals surface area contributed by atoms with Gasteiger partial charge in [-0.2, -0.15) is 0 Å². The molecule has 0 saturated heterocycles. The van der Waals surface area contributed by atoms with Crippen molar-refractivity contribution in [1.29, 1.82) is 0 Å². The van der Waals surface area contributed by atoms with Gasteiger partial charge in [0.15, 0.2) is 0 Å². The van der Waals surface area contributed by atoms with Crippen LogP contribution in [-0.4, -0.2) is 6.10 Å². The Labute approximate surface area is 75.5 Å². The van der Waals surface area contributed by atoms with Gasteiger partial charge in [0.2, 0.25) is 0 Å². The summed E-state index contributed by atoms with van der Waals surface area (Å²) in [4.78, 5) is 0. The van der Waals surface area contributed by atoms with Gasteiger partial charge in [0, 0.05) is 0 Å². The molecule has 4 unspecified atom stereocenters. The van der Waals surface area contributed by atoms with Crippen LogP contribution in [0.2, 0.25) is 0 Å². The van der Waals surface area contributed by atoms with E-state index in [1.165, 1.54) is 12.8 Å². The molecule has 0 aromatic carbocycles. The van der Waals surface area contributed by atoms with Crippen LogP contribution in [0.5, 0.6) is 0 Å². The Morgan fingerprint density at radius 2 is 2.00 bits per heavy atom. The van der Waals surface area contributed by atoms with Crippen molar-refractivity contribution >= 4 is 0 Å². The first kappa shape index (κ1) is 8.55. The molecule has 0 aromatic rings. The number of hydrogen-bond acceptors (Lipinski definition) is 1. The van der Waals surface area contributed by atoms with E-state index in [1.807, 2.05) is 0 Å². The first-order valence-electron chi connectivity index (χ1n) is 4.98. The molecule has 3 aliphatic rings. The van der Waals surface area contributed by atoms with Crippen LogP contribution in [0.3, 0.4) is 0 Å². The topological polar surface area (TPSA) is 9.23 Å². The fraction of sp³-hybridized carbons (Fsp3) is 0.909. The average Bonchev–Trinajstić information content (AvgIpc) is 2.03. The van der Waals surface area contributed by atoms with Crippen LogP contribution >= 0.6 is 0 Å². The average molecular weight is 167 g/mol. The number of rotatable bonds is 1. The second-order valence-corrected chi connectivity index (χ2v) is 5.16. The van der Waals surface area contributed by atoms with Gasteiger partial charge >= 0.3 is 0 Å². The van der Waals surface area contributed by atoms with Crippen molar-refractivity contribution in [2.24, 2.45) is 23.2 Å². The SMILES string of the molecule is [CH2]OC1CC2CC(C1C)C2(C)C. The number of fused-ring (bicyclic) bond motifs is 2. The minimum atomic E-state index is 0.432. The van der Waals surface area contributed by atoms with Crippen LogP contribution in [0.25, 0.3) is 0 Å². The molecule has 69 valence electrons. The van der Waals surface area contributed by atoms with E-state index in [0.29, 0.717) is 17.4 Å². The van der Waals surface area contributed by atoms with E-state index in [-0.39, 0.29) is 0 Å². The molecule has 0 aromatic heterocycles. The predicted octanol–water partition coefficient (Wildman–Crippen LogP) is 2.87.